The predicted octanol–water partition coefficient (Wildman–Crippen LogP) is 1.68. The monoisotopic (exact) mass is 474 g/mol. The standard InChI is InChI=1S/C19H25F3N6O3S/c1-13(11-28-16(14-3-4-14)9-17(24-28)19(20,21)22)18(29)26-5-7-27(8-6-26)32(30,31)15-10-23-25(2)12-15/h9-10,12-14H,3-8,11H2,1-2H3. The van der Waals surface area contributed by atoms with Crippen molar-refractivity contribution in [2.24, 2.45) is 13.0 Å². The molecular formula is C19H25F3N6O3S. The molecule has 0 spiro atoms. The molecule has 1 atom stereocenters. The Bertz CT molecular complexity index is 1100. The number of rotatable bonds is 6. The zero-order valence-corrected chi connectivity index (χ0v) is 18.6. The molecule has 1 unspecified atom stereocenters. The van der Waals surface area contributed by atoms with Crippen LogP contribution >= 0.6 is 0 Å². The third kappa shape index (κ3) is 4.53. The van der Waals surface area contributed by atoms with Crippen LogP contribution in [0, 0.1) is 5.92 Å². The Labute approximate surface area is 183 Å². The van der Waals surface area contributed by atoms with E-state index in [2.05, 4.69) is 10.2 Å². The molecule has 0 aromatic carbocycles. The van der Waals surface area contributed by atoms with E-state index in [-0.39, 0.29) is 49.4 Å². The Morgan fingerprint density at radius 2 is 1.88 bits per heavy atom. The first-order valence-electron chi connectivity index (χ1n) is 10.4. The highest BCUT2D eigenvalue weighted by molar-refractivity contribution is 7.89. The summed E-state index contributed by atoms with van der Waals surface area (Å²) in [6.45, 7) is 2.42. The van der Waals surface area contributed by atoms with Crippen LogP contribution in [-0.4, -0.2) is 69.3 Å². The van der Waals surface area contributed by atoms with Gasteiger partial charge >= 0.3 is 6.18 Å². The van der Waals surface area contributed by atoms with Crippen LogP contribution in [0.25, 0.3) is 0 Å². The van der Waals surface area contributed by atoms with Crippen molar-refractivity contribution in [1.29, 1.82) is 0 Å². The molecule has 9 nitrogen and oxygen atoms in total. The Morgan fingerprint density at radius 1 is 1.22 bits per heavy atom. The average Bonchev–Trinajstić information content (AvgIpc) is 3.33. The average molecular weight is 475 g/mol. The first-order chi connectivity index (χ1) is 15.0. The lowest BCUT2D eigenvalue weighted by Gasteiger charge is -2.35. The summed E-state index contributed by atoms with van der Waals surface area (Å²) >= 11 is 0. The third-order valence-corrected chi connectivity index (χ3v) is 7.69. The summed E-state index contributed by atoms with van der Waals surface area (Å²) < 4.78 is 68.7. The van der Waals surface area contributed by atoms with E-state index in [0.717, 1.165) is 18.9 Å². The van der Waals surface area contributed by atoms with Gasteiger partial charge in [-0.25, -0.2) is 8.42 Å². The van der Waals surface area contributed by atoms with Crippen molar-refractivity contribution in [3.05, 3.63) is 29.8 Å². The summed E-state index contributed by atoms with van der Waals surface area (Å²) in [7, 11) is -2.06. The van der Waals surface area contributed by atoms with Crippen molar-refractivity contribution in [2.45, 2.75) is 43.3 Å². The van der Waals surface area contributed by atoms with E-state index < -0.39 is 27.8 Å². The first kappa shape index (κ1) is 22.8. The molecule has 1 aliphatic carbocycles. The molecule has 1 amide bonds. The van der Waals surface area contributed by atoms with Crippen LogP contribution in [-0.2, 0) is 34.6 Å². The van der Waals surface area contributed by atoms with Gasteiger partial charge < -0.3 is 4.90 Å². The fourth-order valence-corrected chi connectivity index (χ4v) is 5.31. The number of aryl methyl sites for hydroxylation is 1. The molecule has 176 valence electrons. The highest BCUT2D eigenvalue weighted by atomic mass is 32.2. The SMILES string of the molecule is CC(Cn1nc(C(F)(F)F)cc1C1CC1)C(=O)N1CCN(S(=O)(=O)c2cnn(C)c2)CC1. The molecule has 2 fully saturated rings. The Hall–Kier alpha value is -2.41. The van der Waals surface area contributed by atoms with Crippen molar-refractivity contribution < 1.29 is 26.4 Å². The van der Waals surface area contributed by atoms with Crippen LogP contribution in [0.15, 0.2) is 23.4 Å². The number of hydrogen-bond donors (Lipinski definition) is 0. The lowest BCUT2D eigenvalue weighted by molar-refractivity contribution is -0.141. The summed E-state index contributed by atoms with van der Waals surface area (Å²) in [6.07, 6.45) is -0.188. The zero-order chi connectivity index (χ0) is 23.3. The number of amides is 1. The quantitative estimate of drug-likeness (QED) is 0.635. The largest absolute Gasteiger partial charge is 0.435 e. The number of piperazine rings is 1. The van der Waals surface area contributed by atoms with Crippen LogP contribution in [0.1, 0.15) is 37.1 Å². The topological polar surface area (TPSA) is 93.3 Å². The number of carbonyl (C=O) groups excluding carboxylic acids is 1. The van der Waals surface area contributed by atoms with Crippen molar-refractivity contribution in [1.82, 2.24) is 28.8 Å². The van der Waals surface area contributed by atoms with Gasteiger partial charge in [-0.3, -0.25) is 14.2 Å². The van der Waals surface area contributed by atoms with E-state index in [1.807, 2.05) is 0 Å². The number of carbonyl (C=O) groups is 1. The molecule has 2 aromatic heterocycles. The van der Waals surface area contributed by atoms with Gasteiger partial charge in [0.1, 0.15) is 4.90 Å². The third-order valence-electron chi connectivity index (χ3n) is 5.83. The molecule has 0 radical (unpaired) electrons. The molecule has 1 aliphatic heterocycles. The Balaban J connectivity index is 1.39. The maximum Gasteiger partial charge on any atom is 0.435 e. The fourth-order valence-electron chi connectivity index (χ4n) is 3.90. The van der Waals surface area contributed by atoms with Crippen molar-refractivity contribution in [3.63, 3.8) is 0 Å². The number of aromatic nitrogens is 4. The molecule has 0 N–H and O–H groups in total. The number of halogens is 3. The molecule has 2 aromatic rings. The maximum absolute atomic E-state index is 13.1. The number of nitrogens with zero attached hydrogens (tertiary/aromatic N) is 6. The van der Waals surface area contributed by atoms with Gasteiger partial charge in [-0.2, -0.15) is 27.7 Å². The number of alkyl halides is 3. The van der Waals surface area contributed by atoms with E-state index in [9.17, 15) is 26.4 Å². The van der Waals surface area contributed by atoms with Gasteiger partial charge in [0, 0.05) is 51.0 Å². The van der Waals surface area contributed by atoms with E-state index in [0.29, 0.717) is 5.69 Å². The normalized spacial score (nSPS) is 19.3. The highest BCUT2D eigenvalue weighted by Gasteiger charge is 2.38. The van der Waals surface area contributed by atoms with Gasteiger partial charge in [-0.15, -0.1) is 0 Å². The van der Waals surface area contributed by atoms with Crippen LogP contribution in [0.4, 0.5) is 13.2 Å². The summed E-state index contributed by atoms with van der Waals surface area (Å²) in [6, 6.07) is 1.08. The first-order valence-corrected chi connectivity index (χ1v) is 11.8. The molecule has 1 saturated carbocycles. The fraction of sp³-hybridized carbons (Fsp3) is 0.632. The summed E-state index contributed by atoms with van der Waals surface area (Å²) in [5, 5.41) is 7.61. The molecule has 13 heteroatoms. The van der Waals surface area contributed by atoms with Gasteiger partial charge in [-0.05, 0) is 18.9 Å². The summed E-state index contributed by atoms with van der Waals surface area (Å²) in [5.74, 6) is -0.758. The smallest absolute Gasteiger partial charge is 0.340 e. The lowest BCUT2D eigenvalue weighted by Crippen LogP contribution is -2.52. The maximum atomic E-state index is 13.1. The molecule has 1 saturated heterocycles. The van der Waals surface area contributed by atoms with Crippen molar-refractivity contribution >= 4 is 15.9 Å². The highest BCUT2D eigenvalue weighted by Crippen LogP contribution is 2.42. The van der Waals surface area contributed by atoms with Crippen molar-refractivity contribution in [3.8, 4) is 0 Å². The van der Waals surface area contributed by atoms with Gasteiger partial charge in [0.25, 0.3) is 0 Å². The summed E-state index contributed by atoms with van der Waals surface area (Å²) in [5.41, 5.74) is -0.419. The Kier molecular flexibility index (Phi) is 5.82. The van der Waals surface area contributed by atoms with Crippen LogP contribution < -0.4 is 0 Å². The van der Waals surface area contributed by atoms with Gasteiger partial charge in [0.2, 0.25) is 15.9 Å². The second-order valence-electron chi connectivity index (χ2n) is 8.39. The minimum Gasteiger partial charge on any atom is -0.340 e. The molecule has 0 bridgehead atoms. The second kappa shape index (κ2) is 8.18. The van der Waals surface area contributed by atoms with Crippen molar-refractivity contribution in [2.75, 3.05) is 26.2 Å². The molecular weight excluding hydrogens is 449 g/mol. The van der Waals surface area contributed by atoms with Gasteiger partial charge in [0.05, 0.1) is 18.7 Å². The molecule has 4 rings (SSSR count). The predicted molar refractivity (Wildman–Crippen MR) is 107 cm³/mol. The van der Waals surface area contributed by atoms with Crippen LogP contribution in [0.5, 0.6) is 0 Å². The van der Waals surface area contributed by atoms with E-state index in [4.69, 9.17) is 0 Å². The number of sulfonamides is 1. The minimum absolute atomic E-state index is 0.0505. The van der Waals surface area contributed by atoms with Crippen LogP contribution in [0.2, 0.25) is 0 Å². The van der Waals surface area contributed by atoms with Gasteiger partial charge in [-0.1, -0.05) is 6.92 Å². The Morgan fingerprint density at radius 3 is 2.41 bits per heavy atom. The molecule has 32 heavy (non-hydrogen) atoms. The molecule has 2 aliphatic rings. The van der Waals surface area contributed by atoms with Gasteiger partial charge in [0.15, 0.2) is 5.69 Å². The van der Waals surface area contributed by atoms with Crippen LogP contribution in [0.3, 0.4) is 0 Å². The minimum atomic E-state index is -4.53. The van der Waals surface area contributed by atoms with E-state index >= 15 is 0 Å². The molecule has 3 heterocycles. The lowest BCUT2D eigenvalue weighted by atomic mass is 10.1. The number of hydrogen-bond acceptors (Lipinski definition) is 5. The zero-order valence-electron chi connectivity index (χ0n) is 17.8. The van der Waals surface area contributed by atoms with E-state index in [1.54, 1.807) is 18.9 Å². The second-order valence-corrected chi connectivity index (χ2v) is 10.3. The van der Waals surface area contributed by atoms with E-state index in [1.165, 1.54) is 26.1 Å². The summed E-state index contributed by atoms with van der Waals surface area (Å²) in [4.78, 5) is 14.6.